The molecule has 0 aliphatic carbocycles. The number of carbonyl (C=O) groups excluding carboxylic acids is 2. The van der Waals surface area contributed by atoms with Crippen LogP contribution in [-0.2, 0) is 28.5 Å². The molecule has 0 aromatic rings. The summed E-state index contributed by atoms with van der Waals surface area (Å²) >= 11 is 0. The van der Waals surface area contributed by atoms with E-state index in [4.69, 9.17) is 18.9 Å². The van der Waals surface area contributed by atoms with Crippen LogP contribution < -0.4 is 0 Å². The molecule has 10 heteroatoms. The van der Waals surface area contributed by atoms with E-state index in [-0.39, 0.29) is 19.6 Å². The Hall–Kier alpha value is -1.30. The minimum atomic E-state index is -1.58. The molecule has 1 saturated heterocycles. The Morgan fingerprint density at radius 1 is 0.707 bits per heavy atom. The Balaban J connectivity index is 2.14. The van der Waals surface area contributed by atoms with Crippen molar-refractivity contribution in [1.82, 2.24) is 0 Å². The molecule has 6 atom stereocenters. The lowest BCUT2D eigenvalue weighted by atomic mass is 9.99. The van der Waals surface area contributed by atoms with E-state index in [1.807, 2.05) is 0 Å². The third-order valence-electron chi connectivity index (χ3n) is 7.55. The largest absolute Gasteiger partial charge is 0.462 e. The van der Waals surface area contributed by atoms with Crippen molar-refractivity contribution >= 4 is 11.9 Å². The van der Waals surface area contributed by atoms with Crippen molar-refractivity contribution in [2.24, 2.45) is 0 Å². The molecule has 0 bridgehead atoms. The van der Waals surface area contributed by atoms with Crippen LogP contribution in [0, 0.1) is 0 Å². The van der Waals surface area contributed by atoms with Gasteiger partial charge in [0.15, 0.2) is 12.4 Å². The van der Waals surface area contributed by atoms with E-state index in [0.717, 1.165) is 19.3 Å². The normalized spacial score (nSPS) is 23.3. The minimum Gasteiger partial charge on any atom is -0.462 e. The molecule has 0 saturated carbocycles. The Morgan fingerprint density at radius 2 is 1.20 bits per heavy atom. The van der Waals surface area contributed by atoms with Crippen molar-refractivity contribution in [3.63, 3.8) is 0 Å². The zero-order valence-electron chi connectivity index (χ0n) is 25.6. The molecule has 1 heterocycles. The SMILES string of the molecule is CCCCCCCCCCCCCCCCCCCC(=O)OC(COC(C)=O)COC1OC(CO)C(O)C(O)C1O. The van der Waals surface area contributed by atoms with E-state index in [9.17, 15) is 30.0 Å². The fourth-order valence-electron chi connectivity index (χ4n) is 4.97. The summed E-state index contributed by atoms with van der Waals surface area (Å²) in [6, 6.07) is 0. The number of hydrogen-bond acceptors (Lipinski definition) is 10. The van der Waals surface area contributed by atoms with Crippen LogP contribution in [0.4, 0.5) is 0 Å². The molecule has 1 aliphatic heterocycles. The average molecular weight is 591 g/mol. The van der Waals surface area contributed by atoms with Gasteiger partial charge in [-0.3, -0.25) is 9.59 Å². The molecule has 1 rings (SSSR count). The molecule has 1 aliphatic rings. The minimum absolute atomic E-state index is 0.231. The Morgan fingerprint density at radius 3 is 1.66 bits per heavy atom. The smallest absolute Gasteiger partial charge is 0.306 e. The maximum absolute atomic E-state index is 12.4. The maximum atomic E-state index is 12.4. The van der Waals surface area contributed by atoms with Crippen LogP contribution in [0.1, 0.15) is 129 Å². The number of hydrogen-bond donors (Lipinski definition) is 4. The molecule has 0 spiro atoms. The summed E-state index contributed by atoms with van der Waals surface area (Å²) in [4.78, 5) is 23.6. The summed E-state index contributed by atoms with van der Waals surface area (Å²) in [6.07, 6.45) is 13.5. The van der Waals surface area contributed by atoms with Gasteiger partial charge < -0.3 is 39.4 Å². The highest BCUT2D eigenvalue weighted by Gasteiger charge is 2.44. The molecule has 0 radical (unpaired) electrons. The first-order valence-corrected chi connectivity index (χ1v) is 16.0. The molecule has 41 heavy (non-hydrogen) atoms. The van der Waals surface area contributed by atoms with E-state index in [1.54, 1.807) is 0 Å². The van der Waals surface area contributed by atoms with Crippen molar-refractivity contribution < 1.29 is 49.0 Å². The number of aliphatic hydroxyl groups is 4. The number of rotatable bonds is 25. The van der Waals surface area contributed by atoms with Crippen molar-refractivity contribution in [1.29, 1.82) is 0 Å². The van der Waals surface area contributed by atoms with Crippen LogP contribution in [0.15, 0.2) is 0 Å². The molecule has 6 unspecified atom stereocenters. The van der Waals surface area contributed by atoms with Gasteiger partial charge in [-0.15, -0.1) is 0 Å². The predicted molar refractivity (Wildman–Crippen MR) is 155 cm³/mol. The Kier molecular flexibility index (Phi) is 22.2. The van der Waals surface area contributed by atoms with Gasteiger partial charge in [0.25, 0.3) is 0 Å². The van der Waals surface area contributed by atoms with Crippen LogP contribution in [0.2, 0.25) is 0 Å². The second kappa shape index (κ2) is 24.2. The molecule has 1 fully saturated rings. The highest BCUT2D eigenvalue weighted by Crippen LogP contribution is 2.22. The number of esters is 2. The van der Waals surface area contributed by atoms with E-state index >= 15 is 0 Å². The van der Waals surface area contributed by atoms with Gasteiger partial charge in [-0.05, 0) is 6.42 Å². The quantitative estimate of drug-likeness (QED) is 0.0893. The summed E-state index contributed by atoms with van der Waals surface area (Å²) in [5.41, 5.74) is 0. The predicted octanol–water partition coefficient (Wildman–Crippen LogP) is 4.32. The third-order valence-corrected chi connectivity index (χ3v) is 7.55. The van der Waals surface area contributed by atoms with E-state index < -0.39 is 55.4 Å². The lowest BCUT2D eigenvalue weighted by molar-refractivity contribution is -0.305. The number of carbonyl (C=O) groups is 2. The van der Waals surface area contributed by atoms with Gasteiger partial charge in [0, 0.05) is 13.3 Å². The molecular formula is C31H58O10. The Bertz CT molecular complexity index is 659. The zero-order chi connectivity index (χ0) is 30.3. The van der Waals surface area contributed by atoms with E-state index in [1.165, 1.54) is 90.4 Å². The molecule has 0 amide bonds. The zero-order valence-corrected chi connectivity index (χ0v) is 25.6. The van der Waals surface area contributed by atoms with E-state index in [2.05, 4.69) is 6.92 Å². The van der Waals surface area contributed by atoms with Gasteiger partial charge in [0.1, 0.15) is 31.0 Å². The third kappa shape index (κ3) is 18.1. The molecule has 4 N–H and O–H groups in total. The maximum Gasteiger partial charge on any atom is 0.306 e. The fraction of sp³-hybridized carbons (Fsp3) is 0.935. The van der Waals surface area contributed by atoms with Crippen LogP contribution in [0.25, 0.3) is 0 Å². The second-order valence-electron chi connectivity index (χ2n) is 11.4. The van der Waals surface area contributed by atoms with Crippen LogP contribution in [-0.4, -0.2) is 89.0 Å². The lowest BCUT2D eigenvalue weighted by Gasteiger charge is -2.39. The standard InChI is InChI=1S/C31H58O10/c1-3-4-5-6-7-8-9-10-11-12-13-14-15-16-17-18-19-20-27(34)40-25(22-38-24(2)33)23-39-31-30(37)29(36)28(35)26(21-32)41-31/h25-26,28-32,35-37H,3-23H2,1-2H3. The van der Waals surface area contributed by atoms with Crippen LogP contribution in [0.3, 0.4) is 0 Å². The first-order chi connectivity index (χ1) is 19.8. The van der Waals surface area contributed by atoms with Crippen LogP contribution >= 0.6 is 0 Å². The van der Waals surface area contributed by atoms with E-state index in [0.29, 0.717) is 6.42 Å². The molecule has 242 valence electrons. The van der Waals surface area contributed by atoms with Crippen molar-refractivity contribution in [2.45, 2.75) is 166 Å². The van der Waals surface area contributed by atoms with Gasteiger partial charge >= 0.3 is 11.9 Å². The van der Waals surface area contributed by atoms with Gasteiger partial charge in [0.05, 0.1) is 13.2 Å². The number of ether oxygens (including phenoxy) is 4. The first-order valence-electron chi connectivity index (χ1n) is 16.0. The van der Waals surface area contributed by atoms with Gasteiger partial charge in [-0.2, -0.15) is 0 Å². The van der Waals surface area contributed by atoms with Gasteiger partial charge in [-0.1, -0.05) is 110 Å². The Labute approximate surface area is 247 Å². The fourth-order valence-corrected chi connectivity index (χ4v) is 4.97. The summed E-state index contributed by atoms with van der Waals surface area (Å²) in [7, 11) is 0. The van der Waals surface area contributed by atoms with Gasteiger partial charge in [-0.25, -0.2) is 0 Å². The topological polar surface area (TPSA) is 152 Å². The molecule has 0 aromatic heterocycles. The second-order valence-corrected chi connectivity index (χ2v) is 11.4. The number of aliphatic hydroxyl groups excluding tert-OH is 4. The monoisotopic (exact) mass is 590 g/mol. The highest BCUT2D eigenvalue weighted by molar-refractivity contribution is 5.69. The van der Waals surface area contributed by atoms with Crippen molar-refractivity contribution in [3.8, 4) is 0 Å². The summed E-state index contributed by atoms with van der Waals surface area (Å²) in [5, 5.41) is 39.2. The number of unbranched alkanes of at least 4 members (excludes halogenated alkanes) is 16. The van der Waals surface area contributed by atoms with Crippen molar-refractivity contribution in [3.05, 3.63) is 0 Å². The summed E-state index contributed by atoms with van der Waals surface area (Å²) in [6.45, 7) is 2.39. The van der Waals surface area contributed by atoms with Crippen molar-refractivity contribution in [2.75, 3.05) is 19.8 Å². The van der Waals surface area contributed by atoms with Gasteiger partial charge in [0.2, 0.25) is 0 Å². The lowest BCUT2D eigenvalue weighted by Crippen LogP contribution is -2.59. The molecule has 0 aromatic carbocycles. The summed E-state index contributed by atoms with van der Waals surface area (Å²) in [5.74, 6) is -0.993. The summed E-state index contributed by atoms with van der Waals surface area (Å²) < 4.78 is 21.1. The first kappa shape index (κ1) is 37.7. The average Bonchev–Trinajstić information content (AvgIpc) is 2.95. The highest BCUT2D eigenvalue weighted by atomic mass is 16.7. The van der Waals surface area contributed by atoms with Crippen LogP contribution in [0.5, 0.6) is 0 Å². The molecular weight excluding hydrogens is 532 g/mol. The molecule has 10 nitrogen and oxygen atoms in total.